The van der Waals surface area contributed by atoms with Gasteiger partial charge < -0.3 is 21.5 Å². The van der Waals surface area contributed by atoms with Crippen LogP contribution in [0.2, 0.25) is 0 Å². The van der Waals surface area contributed by atoms with E-state index in [2.05, 4.69) is 5.32 Å². The molecule has 0 aromatic heterocycles. The number of rotatable bonds is 6. The SMILES string of the molecule is CCC(C)[C@H](N)C(=O)Nc1cc(C(N)=O)ccc1OC. The van der Waals surface area contributed by atoms with Gasteiger partial charge in [0.15, 0.2) is 0 Å². The van der Waals surface area contributed by atoms with E-state index in [0.717, 1.165) is 6.42 Å². The lowest BCUT2D eigenvalue weighted by Crippen LogP contribution is -2.40. The molecule has 1 rings (SSSR count). The molecule has 0 fully saturated rings. The molecule has 6 nitrogen and oxygen atoms in total. The lowest BCUT2D eigenvalue weighted by atomic mass is 9.99. The minimum absolute atomic E-state index is 0.0558. The van der Waals surface area contributed by atoms with Gasteiger partial charge in [0.05, 0.1) is 18.8 Å². The van der Waals surface area contributed by atoms with Crippen LogP contribution in [0.3, 0.4) is 0 Å². The van der Waals surface area contributed by atoms with Crippen molar-refractivity contribution in [1.82, 2.24) is 0 Å². The predicted octanol–water partition coefficient (Wildman–Crippen LogP) is 1.11. The molecular formula is C14H21N3O3. The maximum absolute atomic E-state index is 12.1. The van der Waals surface area contributed by atoms with E-state index in [1.54, 1.807) is 6.07 Å². The maximum Gasteiger partial charge on any atom is 0.248 e. The standard InChI is InChI=1S/C14H21N3O3/c1-4-8(2)12(15)14(19)17-10-7-9(13(16)18)5-6-11(10)20-3/h5-8,12H,4,15H2,1-3H3,(H2,16,18)(H,17,19)/t8?,12-/m0/s1. The number of nitrogens with one attached hydrogen (secondary N) is 1. The number of ether oxygens (including phenoxy) is 1. The summed E-state index contributed by atoms with van der Waals surface area (Å²) in [5.41, 5.74) is 11.8. The summed E-state index contributed by atoms with van der Waals surface area (Å²) < 4.78 is 5.14. The molecule has 0 aliphatic rings. The topological polar surface area (TPSA) is 107 Å². The van der Waals surface area contributed by atoms with Crippen LogP contribution in [0.1, 0.15) is 30.6 Å². The van der Waals surface area contributed by atoms with Gasteiger partial charge in [0.25, 0.3) is 0 Å². The highest BCUT2D eigenvalue weighted by Crippen LogP contribution is 2.25. The molecule has 0 radical (unpaired) electrons. The first-order valence-corrected chi connectivity index (χ1v) is 6.45. The summed E-state index contributed by atoms with van der Waals surface area (Å²) in [7, 11) is 1.48. The fourth-order valence-corrected chi connectivity index (χ4v) is 1.69. The summed E-state index contributed by atoms with van der Waals surface area (Å²) in [5.74, 6) is -0.395. The zero-order valence-corrected chi connectivity index (χ0v) is 12.0. The number of carbonyl (C=O) groups excluding carboxylic acids is 2. The number of amides is 2. The second-order valence-corrected chi connectivity index (χ2v) is 4.68. The molecule has 0 heterocycles. The van der Waals surface area contributed by atoms with Crippen molar-refractivity contribution in [3.8, 4) is 5.75 Å². The molecule has 0 aliphatic heterocycles. The van der Waals surface area contributed by atoms with Gasteiger partial charge in [0, 0.05) is 5.56 Å². The van der Waals surface area contributed by atoms with E-state index in [9.17, 15) is 9.59 Å². The minimum Gasteiger partial charge on any atom is -0.495 e. The van der Waals surface area contributed by atoms with Gasteiger partial charge in [-0.05, 0) is 24.1 Å². The van der Waals surface area contributed by atoms with Crippen LogP contribution in [0.25, 0.3) is 0 Å². The highest BCUT2D eigenvalue weighted by Gasteiger charge is 2.21. The van der Waals surface area contributed by atoms with Crippen LogP contribution in [-0.2, 0) is 4.79 Å². The number of carbonyl (C=O) groups is 2. The van der Waals surface area contributed by atoms with Crippen LogP contribution >= 0.6 is 0 Å². The van der Waals surface area contributed by atoms with Crippen molar-refractivity contribution in [3.63, 3.8) is 0 Å². The summed E-state index contributed by atoms with van der Waals surface area (Å²) in [4.78, 5) is 23.2. The van der Waals surface area contributed by atoms with Gasteiger partial charge in [-0.3, -0.25) is 9.59 Å². The predicted molar refractivity (Wildman–Crippen MR) is 77.6 cm³/mol. The fourth-order valence-electron chi connectivity index (χ4n) is 1.69. The number of benzene rings is 1. The van der Waals surface area contributed by atoms with Gasteiger partial charge in [-0.25, -0.2) is 0 Å². The Balaban J connectivity index is 2.98. The minimum atomic E-state index is -0.623. The molecule has 0 bridgehead atoms. The molecule has 0 saturated carbocycles. The Hall–Kier alpha value is -2.08. The summed E-state index contributed by atoms with van der Waals surface area (Å²) in [6, 6.07) is 3.96. The average molecular weight is 279 g/mol. The van der Waals surface area contributed by atoms with E-state index in [1.807, 2.05) is 13.8 Å². The van der Waals surface area contributed by atoms with Gasteiger partial charge >= 0.3 is 0 Å². The van der Waals surface area contributed by atoms with Crippen molar-refractivity contribution in [1.29, 1.82) is 0 Å². The lowest BCUT2D eigenvalue weighted by Gasteiger charge is -2.19. The largest absolute Gasteiger partial charge is 0.495 e. The molecular weight excluding hydrogens is 258 g/mol. The molecule has 1 aromatic carbocycles. The van der Waals surface area contributed by atoms with Crippen molar-refractivity contribution < 1.29 is 14.3 Å². The average Bonchev–Trinajstić information content (AvgIpc) is 2.45. The number of hydrogen-bond acceptors (Lipinski definition) is 4. The zero-order chi connectivity index (χ0) is 15.3. The Bertz CT molecular complexity index is 502. The molecule has 0 saturated heterocycles. The fraction of sp³-hybridized carbons (Fsp3) is 0.429. The molecule has 2 amide bonds. The van der Waals surface area contributed by atoms with E-state index in [-0.39, 0.29) is 11.8 Å². The van der Waals surface area contributed by atoms with Gasteiger partial charge in [-0.2, -0.15) is 0 Å². The Morgan fingerprint density at radius 2 is 2.05 bits per heavy atom. The van der Waals surface area contributed by atoms with Crippen LogP contribution in [0.5, 0.6) is 5.75 Å². The summed E-state index contributed by atoms with van der Waals surface area (Å²) in [6.45, 7) is 3.87. The number of primary amides is 1. The van der Waals surface area contributed by atoms with Crippen molar-refractivity contribution in [3.05, 3.63) is 23.8 Å². The van der Waals surface area contributed by atoms with Crippen molar-refractivity contribution >= 4 is 17.5 Å². The highest BCUT2D eigenvalue weighted by molar-refractivity contribution is 5.99. The van der Waals surface area contributed by atoms with Gasteiger partial charge in [-0.15, -0.1) is 0 Å². The van der Waals surface area contributed by atoms with E-state index < -0.39 is 11.9 Å². The monoisotopic (exact) mass is 279 g/mol. The zero-order valence-electron chi connectivity index (χ0n) is 12.0. The van der Waals surface area contributed by atoms with Crippen LogP contribution in [-0.4, -0.2) is 25.0 Å². The number of nitrogens with two attached hydrogens (primary N) is 2. The number of anilines is 1. The van der Waals surface area contributed by atoms with Crippen molar-refractivity contribution in [2.75, 3.05) is 12.4 Å². The molecule has 2 atom stereocenters. The van der Waals surface area contributed by atoms with E-state index in [0.29, 0.717) is 17.0 Å². The Kier molecular flexibility index (Phi) is 5.52. The van der Waals surface area contributed by atoms with E-state index in [1.165, 1.54) is 19.2 Å². The molecule has 6 heteroatoms. The number of hydrogen-bond donors (Lipinski definition) is 3. The second-order valence-electron chi connectivity index (χ2n) is 4.68. The van der Waals surface area contributed by atoms with Crippen molar-refractivity contribution in [2.45, 2.75) is 26.3 Å². The highest BCUT2D eigenvalue weighted by atomic mass is 16.5. The quantitative estimate of drug-likeness (QED) is 0.724. The normalized spacial score (nSPS) is 13.4. The number of methoxy groups -OCH3 is 1. The van der Waals surface area contributed by atoms with Crippen LogP contribution < -0.4 is 21.5 Å². The van der Waals surface area contributed by atoms with Crippen LogP contribution in [0.4, 0.5) is 5.69 Å². The smallest absolute Gasteiger partial charge is 0.248 e. The second kappa shape index (κ2) is 6.91. The van der Waals surface area contributed by atoms with E-state index >= 15 is 0 Å². The molecule has 1 unspecified atom stereocenters. The maximum atomic E-state index is 12.1. The first kappa shape index (κ1) is 16.0. The third-order valence-corrected chi connectivity index (χ3v) is 3.30. The third-order valence-electron chi connectivity index (χ3n) is 3.30. The van der Waals surface area contributed by atoms with Crippen LogP contribution in [0.15, 0.2) is 18.2 Å². The van der Waals surface area contributed by atoms with Crippen LogP contribution in [0, 0.1) is 5.92 Å². The summed E-state index contributed by atoms with van der Waals surface area (Å²) >= 11 is 0. The molecule has 0 aliphatic carbocycles. The molecule has 1 aromatic rings. The Labute approximate surface area is 118 Å². The van der Waals surface area contributed by atoms with Gasteiger partial charge in [0.2, 0.25) is 11.8 Å². The first-order chi connectivity index (χ1) is 9.40. The summed E-state index contributed by atoms with van der Waals surface area (Å²) in [5, 5.41) is 2.68. The Morgan fingerprint density at radius 3 is 2.55 bits per heavy atom. The molecule has 0 spiro atoms. The Morgan fingerprint density at radius 1 is 1.40 bits per heavy atom. The van der Waals surface area contributed by atoms with Gasteiger partial charge in [0.1, 0.15) is 5.75 Å². The van der Waals surface area contributed by atoms with Gasteiger partial charge in [-0.1, -0.05) is 20.3 Å². The molecule has 5 N–H and O–H groups in total. The molecule has 20 heavy (non-hydrogen) atoms. The lowest BCUT2D eigenvalue weighted by molar-refractivity contribution is -0.118. The molecule has 110 valence electrons. The summed E-state index contributed by atoms with van der Waals surface area (Å²) in [6.07, 6.45) is 0.799. The van der Waals surface area contributed by atoms with Crippen molar-refractivity contribution in [2.24, 2.45) is 17.4 Å². The van der Waals surface area contributed by atoms with E-state index in [4.69, 9.17) is 16.2 Å². The third kappa shape index (κ3) is 3.71. The first-order valence-electron chi connectivity index (χ1n) is 6.45.